The molecule has 0 radical (unpaired) electrons. The molecule has 4 aliphatic heterocycles. The van der Waals surface area contributed by atoms with Crippen LogP contribution in [0.2, 0.25) is 0 Å². The monoisotopic (exact) mass is 1210 g/mol. The van der Waals surface area contributed by atoms with E-state index in [0.29, 0.717) is 123 Å². The van der Waals surface area contributed by atoms with Gasteiger partial charge in [-0.25, -0.2) is 28.8 Å². The summed E-state index contributed by atoms with van der Waals surface area (Å²) in [7, 11) is 3.20. The summed E-state index contributed by atoms with van der Waals surface area (Å²) in [6.07, 6.45) is 0. The molecular formula is C59H55N9O20. The van der Waals surface area contributed by atoms with Crippen LogP contribution in [0, 0.1) is 0 Å². The Balaban J connectivity index is 0.000000136. The number of methoxy groups -OCH3 is 2. The quantitative estimate of drug-likeness (QED) is 0.0667. The molecule has 0 atom stereocenters. The van der Waals surface area contributed by atoms with E-state index in [4.69, 9.17) is 76.5 Å². The Hall–Kier alpha value is -11.7. The van der Waals surface area contributed by atoms with Gasteiger partial charge in [-0.1, -0.05) is 45.0 Å². The summed E-state index contributed by atoms with van der Waals surface area (Å²) < 4.78 is 78.9. The highest BCUT2D eigenvalue weighted by Crippen LogP contribution is 2.39. The van der Waals surface area contributed by atoms with Gasteiger partial charge in [0.05, 0.1) is 33.9 Å². The molecule has 4 aliphatic rings. The number of fused-ring (bicyclic) bond motifs is 4. The lowest BCUT2D eigenvalue weighted by Gasteiger charge is -2.19. The number of hydrogen-bond donors (Lipinski definition) is 4. The molecule has 0 saturated carbocycles. The molecule has 4 N–H and O–H groups in total. The molecular weight excluding hydrogens is 1150 g/mol. The molecule has 29 heteroatoms. The fourth-order valence-electron chi connectivity index (χ4n) is 8.34. The molecule has 0 unspecified atom stereocenters. The predicted octanol–water partition coefficient (Wildman–Crippen LogP) is 7.90. The Labute approximate surface area is 499 Å². The number of phenolic OH excluding ortho intramolecular Hbond substituents is 1. The Morgan fingerprint density at radius 1 is 0.477 bits per heavy atom. The zero-order valence-corrected chi connectivity index (χ0v) is 47.2. The van der Waals surface area contributed by atoms with Crippen LogP contribution in [0.4, 0.5) is 0 Å². The maximum atomic E-state index is 12.4. The van der Waals surface area contributed by atoms with Crippen molar-refractivity contribution in [3.63, 3.8) is 0 Å². The summed E-state index contributed by atoms with van der Waals surface area (Å²) in [5.41, 5.74) is 1.33. The molecule has 0 fully saturated rings. The first-order valence-electron chi connectivity index (χ1n) is 26.9. The minimum atomic E-state index is -1.23. The van der Waals surface area contributed by atoms with Crippen molar-refractivity contribution in [2.75, 3.05) is 73.7 Å². The number of carboxylic acid groups (broad SMARTS) is 2. The lowest BCUT2D eigenvalue weighted by Crippen LogP contribution is -2.15. The van der Waals surface area contributed by atoms with Gasteiger partial charge in [0, 0.05) is 24.3 Å². The third kappa shape index (κ3) is 15.0. The summed E-state index contributed by atoms with van der Waals surface area (Å²) in [5, 5.41) is 52.3. The van der Waals surface area contributed by atoms with Gasteiger partial charge in [-0.3, -0.25) is 0 Å². The zero-order valence-electron chi connectivity index (χ0n) is 47.2. The van der Waals surface area contributed by atoms with Gasteiger partial charge < -0.3 is 81.6 Å². The van der Waals surface area contributed by atoms with Gasteiger partial charge in [0.1, 0.15) is 87.4 Å². The van der Waals surface area contributed by atoms with Crippen LogP contribution in [-0.4, -0.2) is 152 Å². The average Bonchev–Trinajstić information content (AvgIpc) is 3.91. The molecule has 6 aromatic carbocycles. The van der Waals surface area contributed by atoms with Crippen LogP contribution in [0.1, 0.15) is 49.5 Å². The molecule has 0 amide bonds. The van der Waals surface area contributed by atoms with Crippen molar-refractivity contribution >= 4 is 17.9 Å². The van der Waals surface area contributed by atoms with Crippen molar-refractivity contribution in [3.8, 4) is 98.1 Å². The smallest absolute Gasteiger partial charge is 0.364 e. The van der Waals surface area contributed by atoms with Crippen molar-refractivity contribution in [2.24, 2.45) is 0 Å². The first kappa shape index (κ1) is 59.5. The second-order valence-electron chi connectivity index (χ2n) is 18.4. The minimum Gasteiger partial charge on any atom is -0.508 e. The predicted molar refractivity (Wildman–Crippen MR) is 302 cm³/mol. The van der Waals surface area contributed by atoms with Crippen molar-refractivity contribution in [1.82, 2.24) is 45.4 Å². The highest BCUT2D eigenvalue weighted by molar-refractivity contribution is 5.90. The van der Waals surface area contributed by atoms with E-state index in [1.807, 2.05) is 48.5 Å². The molecule has 3 aromatic heterocycles. The number of phenols is 1. The number of esters is 1. The molecule has 0 bridgehead atoms. The zero-order chi connectivity index (χ0) is 61.4. The molecule has 0 aliphatic carbocycles. The standard InChI is InChI=1S/C21H21N3O6.C19H17N3O6.C11H9N3O5.C8H8O3/c1-3-27-21(25)19-20(30-16-8-9-17-18(12-16)29-11-10-28-17)24(23-22-19)13-14-4-6-15(26-2)7-5-14;1-25-13-4-2-12(3-5-13)11-22-18(17(19(23)24)20-21-22)28-14-6-7-15-16(10-14)27-9-8-26-15;15-11(16)9-10(13-14-12-9)19-6-1-2-7-8(5-6)18-4-3-17-7;9-6-1-2-7-8(5-6)11-4-3-10-7/h4-9,12H,3,10-11,13H2,1-2H3;2-7,10H,8-9,11H2,1H3,(H,23,24);1-2,5H,3-4H2,(H,15,16)(H,12,13,14);1-2,5,9H,3-4H2. The highest BCUT2D eigenvalue weighted by atomic mass is 16.6. The maximum absolute atomic E-state index is 12.4. The Bertz CT molecular complexity index is 3870. The summed E-state index contributed by atoms with van der Waals surface area (Å²) >= 11 is 0. The lowest BCUT2D eigenvalue weighted by molar-refractivity contribution is 0.0515. The number of aromatic amines is 1. The second kappa shape index (κ2) is 28.3. The van der Waals surface area contributed by atoms with Crippen molar-refractivity contribution in [1.29, 1.82) is 0 Å². The van der Waals surface area contributed by atoms with Crippen LogP contribution in [-0.2, 0) is 17.8 Å². The number of benzene rings is 6. The molecule has 13 rings (SSSR count). The molecule has 456 valence electrons. The van der Waals surface area contributed by atoms with Crippen LogP contribution in [0.3, 0.4) is 0 Å². The number of carboxylic acids is 2. The molecule has 7 heterocycles. The van der Waals surface area contributed by atoms with Crippen molar-refractivity contribution in [2.45, 2.75) is 20.0 Å². The third-order valence-corrected chi connectivity index (χ3v) is 12.5. The minimum absolute atomic E-state index is 0.000232. The van der Waals surface area contributed by atoms with Gasteiger partial charge >= 0.3 is 17.9 Å². The van der Waals surface area contributed by atoms with Gasteiger partial charge in [0.2, 0.25) is 17.1 Å². The van der Waals surface area contributed by atoms with E-state index in [2.05, 4.69) is 36.0 Å². The summed E-state index contributed by atoms with van der Waals surface area (Å²) in [4.78, 5) is 34.8. The van der Waals surface area contributed by atoms with Gasteiger partial charge in [-0.15, -0.1) is 10.2 Å². The first-order chi connectivity index (χ1) is 42.9. The first-order valence-corrected chi connectivity index (χ1v) is 26.9. The van der Waals surface area contributed by atoms with E-state index in [1.54, 1.807) is 93.9 Å². The van der Waals surface area contributed by atoms with Gasteiger partial charge in [-0.2, -0.15) is 0 Å². The normalized spacial score (nSPS) is 12.8. The van der Waals surface area contributed by atoms with E-state index in [0.717, 1.165) is 22.6 Å². The van der Waals surface area contributed by atoms with E-state index in [1.165, 1.54) is 9.36 Å². The van der Waals surface area contributed by atoms with Crippen LogP contribution >= 0.6 is 0 Å². The number of aromatic carboxylic acids is 2. The maximum Gasteiger partial charge on any atom is 0.364 e. The third-order valence-electron chi connectivity index (χ3n) is 12.5. The Morgan fingerprint density at radius 3 is 1.28 bits per heavy atom. The van der Waals surface area contributed by atoms with Crippen LogP contribution in [0.15, 0.2) is 121 Å². The number of hydrogen-bond acceptors (Lipinski definition) is 24. The number of carbonyl (C=O) groups is 3. The summed E-state index contributed by atoms with van der Waals surface area (Å²) in [5.74, 6) is 4.85. The second-order valence-corrected chi connectivity index (χ2v) is 18.4. The van der Waals surface area contributed by atoms with Crippen LogP contribution in [0.25, 0.3) is 0 Å². The lowest BCUT2D eigenvalue weighted by atomic mass is 10.2. The SMILES string of the molecule is CCOC(=O)c1nnn(Cc2ccc(OC)cc2)c1Oc1ccc2c(c1)OCCO2.COc1ccc(Cn2nnc(C(=O)O)c2Oc2ccc3c(c2)OCCO3)cc1.O=C(O)c1[nH]nnc1Oc1ccc2c(c1)OCCO2.Oc1ccc2c(c1)OCCO2. The fourth-order valence-corrected chi connectivity index (χ4v) is 8.34. The van der Waals surface area contributed by atoms with Crippen molar-refractivity contribution in [3.05, 3.63) is 150 Å². The largest absolute Gasteiger partial charge is 0.508 e. The van der Waals surface area contributed by atoms with Gasteiger partial charge in [0.25, 0.3) is 17.6 Å². The molecule has 29 nitrogen and oxygen atoms in total. The fraction of sp³-hybridized carbons (Fsp3) is 0.237. The Kier molecular flexibility index (Phi) is 19.1. The van der Waals surface area contributed by atoms with E-state index < -0.39 is 17.9 Å². The van der Waals surface area contributed by atoms with E-state index >= 15 is 0 Å². The average molecular weight is 1210 g/mol. The molecule has 9 aromatic rings. The number of ether oxygens (including phenoxy) is 14. The molecule has 0 saturated heterocycles. The van der Waals surface area contributed by atoms with Gasteiger partial charge in [-0.05, 0) is 90.8 Å². The number of nitrogens with zero attached hydrogens (tertiary/aromatic N) is 8. The van der Waals surface area contributed by atoms with Gasteiger partial charge in [0.15, 0.2) is 46.0 Å². The van der Waals surface area contributed by atoms with E-state index in [9.17, 15) is 19.5 Å². The number of carbonyl (C=O) groups excluding carboxylic acids is 1. The number of H-pyrrole nitrogens is 1. The number of aromatic nitrogens is 9. The topological polar surface area (TPSA) is 344 Å². The number of rotatable bonds is 16. The van der Waals surface area contributed by atoms with E-state index in [-0.39, 0.29) is 53.6 Å². The number of nitrogens with one attached hydrogen (secondary N) is 1. The molecule has 0 spiro atoms. The summed E-state index contributed by atoms with van der Waals surface area (Å²) in [6, 6.07) is 34.8. The van der Waals surface area contributed by atoms with Crippen LogP contribution in [0.5, 0.6) is 98.1 Å². The Morgan fingerprint density at radius 2 is 0.864 bits per heavy atom. The van der Waals surface area contributed by atoms with Crippen LogP contribution < -0.4 is 61.6 Å². The van der Waals surface area contributed by atoms with Crippen molar-refractivity contribution < 1.29 is 96.0 Å². The highest BCUT2D eigenvalue weighted by Gasteiger charge is 2.26. The summed E-state index contributed by atoms with van der Waals surface area (Å²) in [6.45, 7) is 6.53. The number of aromatic hydroxyl groups is 1. The molecule has 88 heavy (non-hydrogen) atoms.